The Morgan fingerprint density at radius 1 is 0.314 bits per heavy atom. The highest BCUT2D eigenvalue weighted by Crippen LogP contribution is 2.39. The van der Waals surface area contributed by atoms with E-state index in [1.807, 2.05) is 18.2 Å². The number of fused-ring (bicyclic) bond motifs is 9. The second-order valence-corrected chi connectivity index (χ2v) is 13.3. The van der Waals surface area contributed by atoms with Crippen molar-refractivity contribution in [2.45, 2.75) is 0 Å². The van der Waals surface area contributed by atoms with Gasteiger partial charge in [0.1, 0.15) is 6.29 Å². The molecule has 0 atom stereocenters. The molecule has 0 radical (unpaired) electrons. The van der Waals surface area contributed by atoms with E-state index in [9.17, 15) is 4.79 Å². The number of rotatable bonds is 5. The molecular formula is C49H31NO. The smallest absolute Gasteiger partial charge is 0.150 e. The van der Waals surface area contributed by atoms with E-state index in [4.69, 9.17) is 0 Å². The van der Waals surface area contributed by atoms with Crippen LogP contribution in [0.5, 0.6) is 0 Å². The quantitative estimate of drug-likeness (QED) is 0.134. The highest BCUT2D eigenvalue weighted by molar-refractivity contribution is 6.25. The summed E-state index contributed by atoms with van der Waals surface area (Å²) in [6, 6.07) is 65.1. The SMILES string of the molecule is O=Cc1ccc2c(c1)c1cc(-c3cccc(-c4ccc5c6ccccc6c6ccccc6c5c4)c3)ccc1n2-c1cccc(-c2ccccc2)c1. The molecule has 0 spiro atoms. The molecule has 0 amide bonds. The van der Waals surface area contributed by atoms with Crippen molar-refractivity contribution in [2.24, 2.45) is 0 Å². The van der Waals surface area contributed by atoms with Crippen LogP contribution in [0.2, 0.25) is 0 Å². The Bertz CT molecular complexity index is 2950. The van der Waals surface area contributed by atoms with Crippen molar-refractivity contribution < 1.29 is 4.79 Å². The molecule has 1 aromatic heterocycles. The van der Waals surface area contributed by atoms with E-state index >= 15 is 0 Å². The summed E-state index contributed by atoms with van der Waals surface area (Å²) in [5.74, 6) is 0. The Balaban J connectivity index is 1.12. The number of benzene rings is 9. The van der Waals surface area contributed by atoms with Crippen molar-refractivity contribution in [3.8, 4) is 39.1 Å². The number of aromatic nitrogens is 1. The number of hydrogen-bond donors (Lipinski definition) is 0. The van der Waals surface area contributed by atoms with E-state index < -0.39 is 0 Å². The zero-order valence-electron chi connectivity index (χ0n) is 27.8. The lowest BCUT2D eigenvalue weighted by Crippen LogP contribution is -1.94. The molecule has 0 aliphatic carbocycles. The molecule has 0 aliphatic heterocycles. The topological polar surface area (TPSA) is 22.0 Å². The summed E-state index contributed by atoms with van der Waals surface area (Å²) in [5, 5.41) is 9.84. The minimum Gasteiger partial charge on any atom is -0.309 e. The maximum Gasteiger partial charge on any atom is 0.150 e. The average Bonchev–Trinajstić information content (AvgIpc) is 3.54. The standard InChI is InChI=1S/C49H31NO/c51-31-32-20-24-48-46(26-32)47-30-38(22-25-49(47)50(48)39-15-9-14-36(28-39)33-10-2-1-3-11-33)35-13-8-12-34(27-35)37-21-23-44-42-18-5-4-16-40(42)41-17-6-7-19-43(41)45(44)29-37/h1-31H. The van der Waals surface area contributed by atoms with Gasteiger partial charge in [0.05, 0.1) is 11.0 Å². The fraction of sp³-hybridized carbons (Fsp3) is 0. The van der Waals surface area contributed by atoms with Crippen molar-refractivity contribution in [1.29, 1.82) is 0 Å². The minimum absolute atomic E-state index is 0.670. The lowest BCUT2D eigenvalue weighted by atomic mass is 9.91. The van der Waals surface area contributed by atoms with Gasteiger partial charge in [-0.1, -0.05) is 127 Å². The van der Waals surface area contributed by atoms with E-state index in [1.54, 1.807) is 0 Å². The van der Waals surface area contributed by atoms with Crippen molar-refractivity contribution >= 4 is 60.4 Å². The van der Waals surface area contributed by atoms with Crippen LogP contribution in [-0.2, 0) is 0 Å². The summed E-state index contributed by atoms with van der Waals surface area (Å²) in [4.78, 5) is 11.9. The fourth-order valence-electron chi connectivity index (χ4n) is 7.99. The molecule has 51 heavy (non-hydrogen) atoms. The zero-order valence-corrected chi connectivity index (χ0v) is 27.8. The van der Waals surface area contributed by atoms with Gasteiger partial charge in [0.25, 0.3) is 0 Å². The lowest BCUT2D eigenvalue weighted by Gasteiger charge is -2.13. The largest absolute Gasteiger partial charge is 0.309 e. The number of carbonyl (C=O) groups is 1. The molecule has 238 valence electrons. The first kappa shape index (κ1) is 29.2. The zero-order chi connectivity index (χ0) is 33.9. The molecule has 0 unspecified atom stereocenters. The van der Waals surface area contributed by atoms with Crippen molar-refractivity contribution in [3.63, 3.8) is 0 Å². The van der Waals surface area contributed by atoms with Gasteiger partial charge in [0.15, 0.2) is 0 Å². The van der Waals surface area contributed by atoms with Crippen molar-refractivity contribution in [1.82, 2.24) is 4.57 Å². The second kappa shape index (κ2) is 11.7. The van der Waals surface area contributed by atoms with Crippen LogP contribution in [0, 0.1) is 0 Å². The predicted octanol–water partition coefficient (Wildman–Crippen LogP) is 13.1. The number of aldehydes is 1. The highest BCUT2D eigenvalue weighted by atomic mass is 16.1. The van der Waals surface area contributed by atoms with Gasteiger partial charge in [-0.15, -0.1) is 0 Å². The van der Waals surface area contributed by atoms with Crippen LogP contribution >= 0.6 is 0 Å². The molecule has 0 fully saturated rings. The first-order valence-corrected chi connectivity index (χ1v) is 17.4. The summed E-state index contributed by atoms with van der Waals surface area (Å²) in [6.45, 7) is 0. The maximum atomic E-state index is 11.9. The summed E-state index contributed by atoms with van der Waals surface area (Å²) < 4.78 is 2.31. The van der Waals surface area contributed by atoms with Gasteiger partial charge < -0.3 is 4.57 Å². The third kappa shape index (κ3) is 4.76. The van der Waals surface area contributed by atoms with Gasteiger partial charge in [0.2, 0.25) is 0 Å². The molecule has 2 heteroatoms. The van der Waals surface area contributed by atoms with Gasteiger partial charge in [-0.25, -0.2) is 0 Å². The van der Waals surface area contributed by atoms with E-state index in [2.05, 4.69) is 168 Å². The number of carbonyl (C=O) groups excluding carboxylic acids is 1. The second-order valence-electron chi connectivity index (χ2n) is 13.3. The molecule has 0 bridgehead atoms. The molecule has 1 heterocycles. The molecule has 0 N–H and O–H groups in total. The van der Waals surface area contributed by atoms with Crippen LogP contribution < -0.4 is 0 Å². The third-order valence-corrected chi connectivity index (χ3v) is 10.4. The summed E-state index contributed by atoms with van der Waals surface area (Å²) in [7, 11) is 0. The Labute approximate surface area is 295 Å². The molecule has 10 aromatic rings. The predicted molar refractivity (Wildman–Crippen MR) is 215 cm³/mol. The first-order chi connectivity index (χ1) is 25.2. The molecule has 0 saturated carbocycles. The first-order valence-electron chi connectivity index (χ1n) is 17.4. The Morgan fingerprint density at radius 3 is 1.45 bits per heavy atom. The Hall–Kier alpha value is -6.77. The maximum absolute atomic E-state index is 11.9. The molecular weight excluding hydrogens is 619 g/mol. The van der Waals surface area contributed by atoms with E-state index in [-0.39, 0.29) is 0 Å². The van der Waals surface area contributed by atoms with Crippen LogP contribution in [0.4, 0.5) is 0 Å². The molecule has 9 aromatic carbocycles. The molecule has 10 rings (SSSR count). The Morgan fingerprint density at radius 2 is 0.784 bits per heavy atom. The van der Waals surface area contributed by atoms with Gasteiger partial charge in [-0.3, -0.25) is 4.79 Å². The van der Waals surface area contributed by atoms with Gasteiger partial charge in [-0.05, 0) is 120 Å². The van der Waals surface area contributed by atoms with Gasteiger partial charge in [0, 0.05) is 22.0 Å². The Kier molecular flexibility index (Phi) is 6.68. The average molecular weight is 650 g/mol. The van der Waals surface area contributed by atoms with Gasteiger partial charge in [-0.2, -0.15) is 0 Å². The number of nitrogens with zero attached hydrogens (tertiary/aromatic N) is 1. The highest BCUT2D eigenvalue weighted by Gasteiger charge is 2.16. The van der Waals surface area contributed by atoms with Gasteiger partial charge >= 0.3 is 0 Å². The van der Waals surface area contributed by atoms with Crippen molar-refractivity contribution in [3.05, 3.63) is 188 Å². The third-order valence-electron chi connectivity index (χ3n) is 10.4. The monoisotopic (exact) mass is 649 g/mol. The molecule has 0 saturated heterocycles. The van der Waals surface area contributed by atoms with Crippen molar-refractivity contribution in [2.75, 3.05) is 0 Å². The van der Waals surface area contributed by atoms with Crippen LogP contribution in [0.15, 0.2) is 182 Å². The minimum atomic E-state index is 0.670. The molecule has 0 aliphatic rings. The van der Waals surface area contributed by atoms with Crippen LogP contribution in [0.25, 0.3) is 93.2 Å². The summed E-state index contributed by atoms with van der Waals surface area (Å²) in [6.07, 6.45) is 0.932. The number of hydrogen-bond acceptors (Lipinski definition) is 1. The van der Waals surface area contributed by atoms with E-state index in [0.29, 0.717) is 5.56 Å². The lowest BCUT2D eigenvalue weighted by molar-refractivity contribution is 0.112. The van der Waals surface area contributed by atoms with E-state index in [1.165, 1.54) is 49.0 Å². The fourth-order valence-corrected chi connectivity index (χ4v) is 7.99. The van der Waals surface area contributed by atoms with Crippen LogP contribution in [0.1, 0.15) is 10.4 Å². The van der Waals surface area contributed by atoms with Crippen LogP contribution in [-0.4, -0.2) is 10.9 Å². The van der Waals surface area contributed by atoms with Crippen LogP contribution in [0.3, 0.4) is 0 Å². The summed E-state index contributed by atoms with van der Waals surface area (Å²) in [5.41, 5.74) is 10.9. The van der Waals surface area contributed by atoms with E-state index in [0.717, 1.165) is 50.5 Å². The normalized spacial score (nSPS) is 11.6. The molecule has 2 nitrogen and oxygen atoms in total. The summed E-state index contributed by atoms with van der Waals surface area (Å²) >= 11 is 0.